The van der Waals surface area contributed by atoms with Crippen LogP contribution in [0.1, 0.15) is 93.1 Å². The number of carbonyl (C=O) groups is 2. The number of nitrogens with one attached hydrogen (secondary N) is 1. The SMILES string of the molecule is CCCc1cc(Cl)ccc1C1COc2ccc3cc2N(C1)CC1CCC1C(CC(=O)N1CCN(C)CC1)CCCC(C)C(C)S(=O)NC3=O. The van der Waals surface area contributed by atoms with Gasteiger partial charge in [-0.3, -0.25) is 14.3 Å². The quantitative estimate of drug-likeness (QED) is 0.373. The summed E-state index contributed by atoms with van der Waals surface area (Å²) in [5.74, 6) is 2.29. The summed E-state index contributed by atoms with van der Waals surface area (Å²) in [7, 11) is 0.610. The van der Waals surface area contributed by atoms with Crippen LogP contribution in [0, 0.1) is 23.7 Å². The Morgan fingerprint density at radius 2 is 1.82 bits per heavy atom. The third kappa shape index (κ3) is 8.48. The molecule has 7 unspecified atom stereocenters. The van der Waals surface area contributed by atoms with Crippen molar-refractivity contribution in [2.75, 3.05) is 57.8 Å². The van der Waals surface area contributed by atoms with Gasteiger partial charge in [-0.05, 0) is 111 Å². The van der Waals surface area contributed by atoms with Gasteiger partial charge in [0.25, 0.3) is 5.91 Å². The molecule has 2 aromatic rings. The summed E-state index contributed by atoms with van der Waals surface area (Å²) in [6, 6.07) is 11.9. The second-order valence-corrected chi connectivity index (χ2v) is 17.2. The van der Waals surface area contributed by atoms with E-state index in [1.807, 2.05) is 25.1 Å². The smallest absolute Gasteiger partial charge is 0.263 e. The van der Waals surface area contributed by atoms with Crippen LogP contribution < -0.4 is 14.4 Å². The Kier molecular flexibility index (Phi) is 11.9. The lowest BCUT2D eigenvalue weighted by Crippen LogP contribution is -2.48. The molecule has 8 nitrogen and oxygen atoms in total. The Bertz CT molecular complexity index is 1510. The van der Waals surface area contributed by atoms with E-state index in [0.717, 1.165) is 101 Å². The molecular weight excluding hydrogens is 656 g/mol. The molecule has 1 saturated carbocycles. The molecular formula is C39H55ClN4O4S. The number of amides is 2. The first-order valence-electron chi connectivity index (χ1n) is 18.6. The van der Waals surface area contributed by atoms with Crippen molar-refractivity contribution in [1.29, 1.82) is 0 Å². The van der Waals surface area contributed by atoms with E-state index in [0.29, 0.717) is 42.3 Å². The number of fused-ring (bicyclic) bond motifs is 2. The van der Waals surface area contributed by atoms with Crippen LogP contribution >= 0.6 is 11.6 Å². The van der Waals surface area contributed by atoms with Crippen LogP contribution in [0.4, 0.5) is 5.69 Å². The number of ether oxygens (including phenoxy) is 1. The van der Waals surface area contributed by atoms with E-state index in [2.05, 4.69) is 52.4 Å². The lowest BCUT2D eigenvalue weighted by atomic mass is 9.64. The normalized spacial score (nSPS) is 30.0. The number of hydrogen-bond donors (Lipinski definition) is 1. The molecule has 6 rings (SSSR count). The van der Waals surface area contributed by atoms with Crippen molar-refractivity contribution >= 4 is 40.1 Å². The molecule has 49 heavy (non-hydrogen) atoms. The molecule has 1 aliphatic carbocycles. The summed E-state index contributed by atoms with van der Waals surface area (Å²) in [6.07, 6.45) is 7.76. The van der Waals surface area contributed by atoms with Crippen LogP contribution in [0.15, 0.2) is 36.4 Å². The molecule has 0 aromatic heterocycles. The molecule has 3 heterocycles. The molecule has 2 fully saturated rings. The van der Waals surface area contributed by atoms with Crippen LogP contribution in [0.3, 0.4) is 0 Å². The highest BCUT2D eigenvalue weighted by molar-refractivity contribution is 7.84. The fourth-order valence-corrected chi connectivity index (χ4v) is 9.69. The monoisotopic (exact) mass is 710 g/mol. The topological polar surface area (TPSA) is 82.2 Å². The first kappa shape index (κ1) is 36.2. The first-order chi connectivity index (χ1) is 23.6. The van der Waals surface area contributed by atoms with Gasteiger partial charge in [0.15, 0.2) is 0 Å². The maximum absolute atomic E-state index is 13.7. The van der Waals surface area contributed by atoms with Crippen molar-refractivity contribution in [3.8, 4) is 5.75 Å². The number of piperazine rings is 1. The van der Waals surface area contributed by atoms with Crippen LogP contribution in [0.25, 0.3) is 0 Å². The first-order valence-corrected chi connectivity index (χ1v) is 20.2. The highest BCUT2D eigenvalue weighted by atomic mass is 35.5. The number of aryl methyl sites for hydroxylation is 1. The molecule has 10 heteroatoms. The standard InChI is InChI=1S/C39H55ClN4O4S/c1-5-7-28-20-33(40)12-14-35(28)32-24-44-23-31-10-13-34(31)29(22-38(45)43-18-16-42(4)17-19-43)9-6-8-26(2)27(3)49(47)41-39(46)30-11-15-37(48-25-32)36(44)21-30/h11-12,14-15,20-21,26-27,29,31-32,34H,5-10,13,16-19,22-25H2,1-4H3,(H,41,46). The summed E-state index contributed by atoms with van der Waals surface area (Å²) in [6.45, 7) is 11.9. The zero-order valence-corrected chi connectivity index (χ0v) is 31.4. The number of benzene rings is 2. The van der Waals surface area contributed by atoms with Crippen molar-refractivity contribution in [1.82, 2.24) is 14.5 Å². The molecule has 3 aliphatic heterocycles. The van der Waals surface area contributed by atoms with E-state index in [1.165, 1.54) is 11.1 Å². The minimum Gasteiger partial charge on any atom is -0.491 e. The van der Waals surface area contributed by atoms with E-state index >= 15 is 0 Å². The molecule has 7 atom stereocenters. The Morgan fingerprint density at radius 3 is 2.55 bits per heavy atom. The molecule has 2 amide bonds. The van der Waals surface area contributed by atoms with E-state index < -0.39 is 11.0 Å². The number of anilines is 1. The average Bonchev–Trinajstić information content (AvgIpc) is 3.25. The van der Waals surface area contributed by atoms with Gasteiger partial charge in [-0.15, -0.1) is 0 Å². The fraction of sp³-hybridized carbons (Fsp3) is 0.641. The Labute approximate surface area is 300 Å². The zero-order valence-electron chi connectivity index (χ0n) is 29.8. The number of rotatable bonds is 5. The molecule has 0 radical (unpaired) electrons. The van der Waals surface area contributed by atoms with Crippen LogP contribution in [0.5, 0.6) is 5.75 Å². The third-order valence-electron chi connectivity index (χ3n) is 11.9. The average molecular weight is 711 g/mol. The molecule has 268 valence electrons. The van der Waals surface area contributed by atoms with Gasteiger partial charge >= 0.3 is 0 Å². The van der Waals surface area contributed by atoms with Crippen LogP contribution in [-0.4, -0.2) is 84.0 Å². The largest absolute Gasteiger partial charge is 0.491 e. The highest BCUT2D eigenvalue weighted by Crippen LogP contribution is 2.46. The Balaban J connectivity index is 1.33. The molecule has 4 aliphatic rings. The summed E-state index contributed by atoms with van der Waals surface area (Å²) in [5.41, 5.74) is 3.93. The van der Waals surface area contributed by atoms with Crippen LogP contribution in [0.2, 0.25) is 5.02 Å². The number of hydrogen-bond acceptors (Lipinski definition) is 6. The number of carbonyl (C=O) groups excluding carboxylic acids is 2. The van der Waals surface area contributed by atoms with Gasteiger partial charge in [0.05, 0.1) is 17.5 Å². The second kappa shape index (κ2) is 16.2. The maximum Gasteiger partial charge on any atom is 0.263 e. The van der Waals surface area contributed by atoms with E-state index in [9.17, 15) is 13.8 Å². The number of halogens is 1. The van der Waals surface area contributed by atoms with E-state index in [1.54, 1.807) is 6.07 Å². The van der Waals surface area contributed by atoms with Crippen molar-refractivity contribution in [3.05, 3.63) is 58.1 Å². The Morgan fingerprint density at radius 1 is 1.02 bits per heavy atom. The van der Waals surface area contributed by atoms with Gasteiger partial charge in [0.2, 0.25) is 5.91 Å². The maximum atomic E-state index is 13.7. The van der Waals surface area contributed by atoms with E-state index in [4.69, 9.17) is 16.3 Å². The summed E-state index contributed by atoms with van der Waals surface area (Å²) in [4.78, 5) is 34.0. The summed E-state index contributed by atoms with van der Waals surface area (Å²) in [5, 5.41) is 0.568. The van der Waals surface area contributed by atoms with Crippen molar-refractivity contribution in [3.63, 3.8) is 0 Å². The zero-order chi connectivity index (χ0) is 34.7. The lowest BCUT2D eigenvalue weighted by molar-refractivity contribution is -0.135. The van der Waals surface area contributed by atoms with Gasteiger partial charge < -0.3 is 19.4 Å². The van der Waals surface area contributed by atoms with Gasteiger partial charge in [0, 0.05) is 62.2 Å². The molecule has 2 aromatic carbocycles. The number of likely N-dealkylation sites (N-methyl/N-ethyl adjacent to an activating group) is 1. The predicted octanol–water partition coefficient (Wildman–Crippen LogP) is 6.68. The lowest BCUT2D eigenvalue weighted by Gasteiger charge is -2.45. The van der Waals surface area contributed by atoms with Gasteiger partial charge in [-0.2, -0.15) is 0 Å². The summed E-state index contributed by atoms with van der Waals surface area (Å²) < 4.78 is 22.7. The molecule has 2 bridgehead atoms. The Hall–Kier alpha value is -2.62. The van der Waals surface area contributed by atoms with Gasteiger partial charge in [-0.1, -0.05) is 44.4 Å². The molecule has 1 saturated heterocycles. The predicted molar refractivity (Wildman–Crippen MR) is 199 cm³/mol. The third-order valence-corrected chi connectivity index (χ3v) is 13.7. The van der Waals surface area contributed by atoms with E-state index in [-0.39, 0.29) is 23.0 Å². The number of nitrogens with zero attached hydrogens (tertiary/aromatic N) is 3. The minimum absolute atomic E-state index is 0.122. The molecule has 1 N–H and O–H groups in total. The van der Waals surface area contributed by atoms with Gasteiger partial charge in [-0.25, -0.2) is 4.21 Å². The van der Waals surface area contributed by atoms with Gasteiger partial charge in [0.1, 0.15) is 16.7 Å². The van der Waals surface area contributed by atoms with Crippen molar-refractivity contribution in [2.24, 2.45) is 23.7 Å². The van der Waals surface area contributed by atoms with Crippen molar-refractivity contribution in [2.45, 2.75) is 83.3 Å². The highest BCUT2D eigenvalue weighted by Gasteiger charge is 2.40. The van der Waals surface area contributed by atoms with Crippen molar-refractivity contribution < 1.29 is 18.5 Å². The van der Waals surface area contributed by atoms with Crippen LogP contribution in [-0.2, 0) is 22.2 Å². The minimum atomic E-state index is -1.52. The second-order valence-electron chi connectivity index (χ2n) is 15.2. The fourth-order valence-electron chi connectivity index (χ4n) is 8.45. The molecule has 0 spiro atoms. The summed E-state index contributed by atoms with van der Waals surface area (Å²) >= 11 is 6.47.